The van der Waals surface area contributed by atoms with E-state index >= 15 is 0 Å². The van der Waals surface area contributed by atoms with Crippen LogP contribution in [0.3, 0.4) is 0 Å². The highest BCUT2D eigenvalue weighted by atomic mass is 35.5. The molecule has 0 aromatic heterocycles. The van der Waals surface area contributed by atoms with E-state index in [0.717, 1.165) is 31.7 Å². The fourth-order valence-electron chi connectivity index (χ4n) is 3.18. The summed E-state index contributed by atoms with van der Waals surface area (Å²) < 4.78 is 0. The Morgan fingerprint density at radius 1 is 1.25 bits per heavy atom. The lowest BCUT2D eigenvalue weighted by molar-refractivity contribution is -0.130. The van der Waals surface area contributed by atoms with E-state index in [1.807, 2.05) is 17.0 Å². The van der Waals surface area contributed by atoms with Crippen molar-refractivity contribution in [3.63, 3.8) is 0 Å². The summed E-state index contributed by atoms with van der Waals surface area (Å²) >= 11 is 12.0. The third-order valence-corrected chi connectivity index (χ3v) is 4.95. The van der Waals surface area contributed by atoms with Crippen molar-refractivity contribution < 1.29 is 4.79 Å². The van der Waals surface area contributed by atoms with Gasteiger partial charge in [-0.2, -0.15) is 0 Å². The van der Waals surface area contributed by atoms with Gasteiger partial charge < -0.3 is 10.2 Å². The average Bonchev–Trinajstić information content (AvgIpc) is 2.98. The van der Waals surface area contributed by atoms with Gasteiger partial charge in [-0.1, -0.05) is 29.3 Å². The first-order valence-corrected chi connectivity index (χ1v) is 7.81. The normalized spacial score (nSPS) is 25.0. The molecule has 3 rings (SSSR count). The highest BCUT2D eigenvalue weighted by molar-refractivity contribution is 6.35. The fraction of sp³-hybridized carbons (Fsp3) is 0.533. The minimum Gasteiger partial charge on any atom is -0.342 e. The standard InChI is InChI=1S/C15H18Cl2N2O/c16-13-3-1-10(14(17)5-13)2-4-15(20)19-8-11-6-18-7-12(11)9-19/h1,3,5,11-12,18H,2,4,6-9H2/t11-,12+. The molecular formula is C15H18Cl2N2O. The molecule has 2 aliphatic heterocycles. The van der Waals surface area contributed by atoms with Gasteiger partial charge in [0.25, 0.3) is 0 Å². The summed E-state index contributed by atoms with van der Waals surface area (Å²) in [7, 11) is 0. The Kier molecular flexibility index (Phi) is 4.20. The number of likely N-dealkylation sites (tertiary alicyclic amines) is 1. The van der Waals surface area contributed by atoms with Gasteiger partial charge >= 0.3 is 0 Å². The monoisotopic (exact) mass is 312 g/mol. The van der Waals surface area contributed by atoms with Crippen molar-refractivity contribution in [1.82, 2.24) is 10.2 Å². The van der Waals surface area contributed by atoms with Crippen molar-refractivity contribution in [2.45, 2.75) is 12.8 Å². The van der Waals surface area contributed by atoms with Crippen LogP contribution in [0.25, 0.3) is 0 Å². The highest BCUT2D eigenvalue weighted by Gasteiger charge is 2.37. The van der Waals surface area contributed by atoms with Crippen molar-refractivity contribution in [3.05, 3.63) is 33.8 Å². The second kappa shape index (κ2) is 5.92. The maximum Gasteiger partial charge on any atom is 0.222 e. The zero-order valence-electron chi connectivity index (χ0n) is 11.2. The lowest BCUT2D eigenvalue weighted by Gasteiger charge is -2.17. The summed E-state index contributed by atoms with van der Waals surface area (Å²) in [5.74, 6) is 1.54. The maximum absolute atomic E-state index is 12.3. The molecule has 5 heteroatoms. The van der Waals surface area contributed by atoms with Crippen LogP contribution in [-0.4, -0.2) is 37.0 Å². The zero-order chi connectivity index (χ0) is 14.1. The van der Waals surface area contributed by atoms with Crippen LogP contribution < -0.4 is 5.32 Å². The van der Waals surface area contributed by atoms with E-state index in [2.05, 4.69) is 5.32 Å². The average molecular weight is 313 g/mol. The molecule has 3 nitrogen and oxygen atoms in total. The zero-order valence-corrected chi connectivity index (χ0v) is 12.8. The van der Waals surface area contributed by atoms with Crippen LogP contribution in [0.4, 0.5) is 0 Å². The second-order valence-electron chi connectivity index (χ2n) is 5.71. The van der Waals surface area contributed by atoms with Gasteiger partial charge in [-0.25, -0.2) is 0 Å². The van der Waals surface area contributed by atoms with Crippen LogP contribution in [0.15, 0.2) is 18.2 Å². The lowest BCUT2D eigenvalue weighted by Crippen LogP contribution is -2.32. The van der Waals surface area contributed by atoms with Gasteiger partial charge in [-0.3, -0.25) is 4.79 Å². The Hall–Kier alpha value is -0.770. The third-order valence-electron chi connectivity index (χ3n) is 4.37. The SMILES string of the molecule is O=C(CCc1ccc(Cl)cc1Cl)N1C[C@H]2CNC[C@H]2C1. The van der Waals surface area contributed by atoms with Gasteiger partial charge in [0, 0.05) is 42.6 Å². The third kappa shape index (κ3) is 2.95. The van der Waals surface area contributed by atoms with Gasteiger partial charge in [0.15, 0.2) is 0 Å². The largest absolute Gasteiger partial charge is 0.342 e. The Morgan fingerprint density at radius 3 is 2.60 bits per heavy atom. The summed E-state index contributed by atoms with van der Waals surface area (Å²) in [4.78, 5) is 14.3. The van der Waals surface area contributed by atoms with Gasteiger partial charge in [0.1, 0.15) is 0 Å². The van der Waals surface area contributed by atoms with Crippen molar-refractivity contribution in [2.24, 2.45) is 11.8 Å². The van der Waals surface area contributed by atoms with Crippen molar-refractivity contribution in [2.75, 3.05) is 26.2 Å². The van der Waals surface area contributed by atoms with Crippen LogP contribution in [0.5, 0.6) is 0 Å². The predicted molar refractivity (Wildman–Crippen MR) is 81.2 cm³/mol. The molecular weight excluding hydrogens is 295 g/mol. The number of nitrogens with one attached hydrogen (secondary N) is 1. The van der Waals surface area contributed by atoms with E-state index in [1.165, 1.54) is 0 Å². The molecule has 1 amide bonds. The van der Waals surface area contributed by atoms with E-state index in [0.29, 0.717) is 34.7 Å². The number of aryl methyl sites for hydroxylation is 1. The molecule has 2 aliphatic rings. The first-order valence-electron chi connectivity index (χ1n) is 7.06. The number of hydrogen-bond donors (Lipinski definition) is 1. The number of benzene rings is 1. The minimum absolute atomic E-state index is 0.241. The molecule has 20 heavy (non-hydrogen) atoms. The number of rotatable bonds is 3. The number of nitrogens with zero attached hydrogens (tertiary/aromatic N) is 1. The molecule has 0 aliphatic carbocycles. The molecule has 1 aromatic rings. The fourth-order valence-corrected chi connectivity index (χ4v) is 3.69. The van der Waals surface area contributed by atoms with Crippen LogP contribution in [0.1, 0.15) is 12.0 Å². The molecule has 0 saturated carbocycles. The van der Waals surface area contributed by atoms with Crippen molar-refractivity contribution >= 4 is 29.1 Å². The Morgan fingerprint density at radius 2 is 1.95 bits per heavy atom. The molecule has 108 valence electrons. The number of carbonyl (C=O) groups excluding carboxylic acids is 1. The summed E-state index contributed by atoms with van der Waals surface area (Å²) in [6.07, 6.45) is 1.20. The summed E-state index contributed by atoms with van der Waals surface area (Å²) in [6, 6.07) is 5.45. The van der Waals surface area contributed by atoms with E-state index in [-0.39, 0.29) is 5.91 Å². The van der Waals surface area contributed by atoms with Gasteiger partial charge in [-0.15, -0.1) is 0 Å². The first-order chi connectivity index (χ1) is 9.63. The van der Waals surface area contributed by atoms with E-state index in [1.54, 1.807) is 6.07 Å². The predicted octanol–water partition coefficient (Wildman–Crippen LogP) is 2.60. The smallest absolute Gasteiger partial charge is 0.222 e. The molecule has 0 bridgehead atoms. The number of hydrogen-bond acceptors (Lipinski definition) is 2. The Balaban J connectivity index is 1.54. The van der Waals surface area contributed by atoms with E-state index < -0.39 is 0 Å². The molecule has 0 radical (unpaired) electrons. The first kappa shape index (κ1) is 14.2. The van der Waals surface area contributed by atoms with Gasteiger partial charge in [0.2, 0.25) is 5.91 Å². The Labute approximate surface area is 129 Å². The molecule has 1 aromatic carbocycles. The minimum atomic E-state index is 0.241. The summed E-state index contributed by atoms with van der Waals surface area (Å²) in [5, 5.41) is 4.66. The number of carbonyl (C=O) groups is 1. The lowest BCUT2D eigenvalue weighted by atomic mass is 10.0. The van der Waals surface area contributed by atoms with Crippen molar-refractivity contribution in [3.8, 4) is 0 Å². The van der Waals surface area contributed by atoms with Crippen LogP contribution >= 0.6 is 23.2 Å². The summed E-state index contributed by atoms with van der Waals surface area (Å²) in [6.45, 7) is 3.92. The van der Waals surface area contributed by atoms with E-state index in [4.69, 9.17) is 23.2 Å². The quantitative estimate of drug-likeness (QED) is 0.930. The van der Waals surface area contributed by atoms with Gasteiger partial charge in [-0.05, 0) is 36.0 Å². The maximum atomic E-state index is 12.3. The molecule has 1 N–H and O–H groups in total. The molecule has 2 atom stereocenters. The number of halogens is 2. The molecule has 0 unspecified atom stereocenters. The molecule has 2 saturated heterocycles. The topological polar surface area (TPSA) is 32.3 Å². The second-order valence-corrected chi connectivity index (χ2v) is 6.56. The number of amides is 1. The molecule has 0 spiro atoms. The van der Waals surface area contributed by atoms with Crippen LogP contribution in [-0.2, 0) is 11.2 Å². The van der Waals surface area contributed by atoms with Crippen LogP contribution in [0, 0.1) is 11.8 Å². The van der Waals surface area contributed by atoms with Crippen LogP contribution in [0.2, 0.25) is 10.0 Å². The number of fused-ring (bicyclic) bond motifs is 1. The highest BCUT2D eigenvalue weighted by Crippen LogP contribution is 2.27. The summed E-state index contributed by atoms with van der Waals surface area (Å²) in [5.41, 5.74) is 0.991. The van der Waals surface area contributed by atoms with Crippen molar-refractivity contribution in [1.29, 1.82) is 0 Å². The van der Waals surface area contributed by atoms with Gasteiger partial charge in [0.05, 0.1) is 0 Å². The Bertz CT molecular complexity index is 509. The van der Waals surface area contributed by atoms with E-state index in [9.17, 15) is 4.79 Å². The molecule has 2 fully saturated rings. The molecule has 2 heterocycles.